The first-order valence-electron chi connectivity index (χ1n) is 5.55. The maximum absolute atomic E-state index is 6.00. The van der Waals surface area contributed by atoms with Crippen LogP contribution in [0.2, 0.25) is 5.02 Å². The lowest BCUT2D eigenvalue weighted by molar-refractivity contribution is 0.690. The van der Waals surface area contributed by atoms with Crippen LogP contribution in [0.5, 0.6) is 0 Å². The first-order valence-corrected chi connectivity index (χ1v) is 6.81. The van der Waals surface area contributed by atoms with E-state index in [0.29, 0.717) is 12.5 Å². The van der Waals surface area contributed by atoms with Gasteiger partial charge >= 0.3 is 0 Å². The zero-order valence-corrected chi connectivity index (χ0v) is 11.3. The predicted molar refractivity (Wildman–Crippen MR) is 73.8 cm³/mol. The Balaban J connectivity index is 2.16. The van der Waals surface area contributed by atoms with Gasteiger partial charge in [-0.3, -0.25) is 0 Å². The molecular weight excluding hydrogens is 252 g/mol. The highest BCUT2D eigenvalue weighted by atomic mass is 35.5. The molecule has 1 unspecified atom stereocenters. The smallest absolute Gasteiger partial charge is 0.0934 e. The molecular formula is C13H15ClN2S. The van der Waals surface area contributed by atoms with E-state index in [0.717, 1.165) is 22.1 Å². The van der Waals surface area contributed by atoms with Crippen molar-refractivity contribution in [3.63, 3.8) is 0 Å². The van der Waals surface area contributed by atoms with Crippen LogP contribution in [0.1, 0.15) is 22.2 Å². The summed E-state index contributed by atoms with van der Waals surface area (Å²) in [5, 5.41) is 3.97. The highest BCUT2D eigenvalue weighted by Crippen LogP contribution is 2.24. The Bertz CT molecular complexity index is 496. The number of aromatic nitrogens is 1. The summed E-state index contributed by atoms with van der Waals surface area (Å²) in [6.45, 7) is 2.62. The monoisotopic (exact) mass is 266 g/mol. The number of aryl methyl sites for hydroxylation is 1. The minimum absolute atomic E-state index is 0.291. The second-order valence-corrected chi connectivity index (χ2v) is 5.45. The summed E-state index contributed by atoms with van der Waals surface area (Å²) in [5.74, 6) is 0.291. The molecule has 17 heavy (non-hydrogen) atoms. The number of halogens is 1. The summed E-state index contributed by atoms with van der Waals surface area (Å²) in [4.78, 5) is 4.48. The topological polar surface area (TPSA) is 38.9 Å². The van der Waals surface area contributed by atoms with Crippen molar-refractivity contribution in [3.05, 3.63) is 50.9 Å². The second-order valence-electron chi connectivity index (χ2n) is 4.07. The standard InChI is InChI=1S/C13H15ClN2S/c1-9-8-17-13(16-9)6-11(7-15)10-3-2-4-12(14)5-10/h2-5,8,11H,6-7,15H2,1H3. The van der Waals surface area contributed by atoms with E-state index in [4.69, 9.17) is 17.3 Å². The number of benzene rings is 1. The van der Waals surface area contributed by atoms with Gasteiger partial charge in [-0.1, -0.05) is 23.7 Å². The lowest BCUT2D eigenvalue weighted by Crippen LogP contribution is -2.15. The van der Waals surface area contributed by atoms with E-state index in [9.17, 15) is 0 Å². The van der Waals surface area contributed by atoms with Crippen LogP contribution in [-0.2, 0) is 6.42 Å². The number of nitrogens with two attached hydrogens (primary N) is 1. The van der Waals surface area contributed by atoms with Crippen LogP contribution < -0.4 is 5.73 Å². The van der Waals surface area contributed by atoms with Gasteiger partial charge in [-0.25, -0.2) is 4.98 Å². The SMILES string of the molecule is Cc1csc(CC(CN)c2cccc(Cl)c2)n1. The van der Waals surface area contributed by atoms with Gasteiger partial charge < -0.3 is 5.73 Å². The third-order valence-corrected chi connectivity index (χ3v) is 3.92. The van der Waals surface area contributed by atoms with Crippen molar-refractivity contribution in [2.45, 2.75) is 19.3 Å². The van der Waals surface area contributed by atoms with Gasteiger partial charge in [0.15, 0.2) is 0 Å². The average Bonchev–Trinajstić information content (AvgIpc) is 2.72. The quantitative estimate of drug-likeness (QED) is 0.921. The molecule has 0 amide bonds. The molecule has 4 heteroatoms. The molecule has 0 aliphatic rings. The van der Waals surface area contributed by atoms with E-state index in [1.165, 1.54) is 5.56 Å². The minimum Gasteiger partial charge on any atom is -0.330 e. The van der Waals surface area contributed by atoms with Gasteiger partial charge in [-0.2, -0.15) is 0 Å². The van der Waals surface area contributed by atoms with Crippen LogP contribution in [0.15, 0.2) is 29.6 Å². The van der Waals surface area contributed by atoms with Gasteiger partial charge in [-0.05, 0) is 31.2 Å². The van der Waals surface area contributed by atoms with Crippen molar-refractivity contribution >= 4 is 22.9 Å². The van der Waals surface area contributed by atoms with Crippen molar-refractivity contribution in [1.29, 1.82) is 0 Å². The Morgan fingerprint density at radius 2 is 2.29 bits per heavy atom. The average molecular weight is 267 g/mol. The number of nitrogens with zero attached hydrogens (tertiary/aromatic N) is 1. The van der Waals surface area contributed by atoms with Gasteiger partial charge in [0.25, 0.3) is 0 Å². The number of thiazole rings is 1. The molecule has 90 valence electrons. The van der Waals surface area contributed by atoms with Crippen LogP contribution in [0.3, 0.4) is 0 Å². The second kappa shape index (κ2) is 5.63. The molecule has 0 saturated carbocycles. The van der Waals surface area contributed by atoms with Crippen molar-refractivity contribution in [1.82, 2.24) is 4.98 Å². The zero-order chi connectivity index (χ0) is 12.3. The molecule has 0 fully saturated rings. The molecule has 0 bridgehead atoms. The molecule has 2 N–H and O–H groups in total. The van der Waals surface area contributed by atoms with E-state index in [1.807, 2.05) is 25.1 Å². The maximum atomic E-state index is 6.00. The van der Waals surface area contributed by atoms with Crippen LogP contribution in [0.25, 0.3) is 0 Å². The number of hydrogen-bond acceptors (Lipinski definition) is 3. The van der Waals surface area contributed by atoms with Gasteiger partial charge in [0.1, 0.15) is 0 Å². The van der Waals surface area contributed by atoms with Crippen molar-refractivity contribution in [3.8, 4) is 0 Å². The minimum atomic E-state index is 0.291. The van der Waals surface area contributed by atoms with Crippen LogP contribution >= 0.6 is 22.9 Å². The van der Waals surface area contributed by atoms with E-state index in [-0.39, 0.29) is 0 Å². The summed E-state index contributed by atoms with van der Waals surface area (Å²) in [6.07, 6.45) is 0.884. The molecule has 0 saturated heterocycles. The van der Waals surface area contributed by atoms with E-state index in [1.54, 1.807) is 11.3 Å². The van der Waals surface area contributed by atoms with Crippen LogP contribution in [0.4, 0.5) is 0 Å². The lowest BCUT2D eigenvalue weighted by Gasteiger charge is -2.13. The Hall–Kier alpha value is -0.900. The highest BCUT2D eigenvalue weighted by molar-refractivity contribution is 7.09. The fraction of sp³-hybridized carbons (Fsp3) is 0.308. The van der Waals surface area contributed by atoms with Crippen molar-refractivity contribution in [2.75, 3.05) is 6.54 Å². The molecule has 1 aromatic heterocycles. The third kappa shape index (κ3) is 3.28. The first kappa shape index (κ1) is 12.6. The molecule has 0 aliphatic heterocycles. The van der Waals surface area contributed by atoms with Crippen LogP contribution in [-0.4, -0.2) is 11.5 Å². The number of rotatable bonds is 4. The molecule has 2 aromatic rings. The largest absolute Gasteiger partial charge is 0.330 e. The maximum Gasteiger partial charge on any atom is 0.0934 e. The zero-order valence-electron chi connectivity index (χ0n) is 9.69. The molecule has 0 spiro atoms. The third-order valence-electron chi connectivity index (χ3n) is 2.69. The fourth-order valence-corrected chi connectivity index (χ4v) is 2.86. The number of hydrogen-bond donors (Lipinski definition) is 1. The normalized spacial score (nSPS) is 12.6. The van der Waals surface area contributed by atoms with Gasteiger partial charge in [0, 0.05) is 28.4 Å². The summed E-state index contributed by atoms with van der Waals surface area (Å²) < 4.78 is 0. The molecule has 0 aliphatic carbocycles. The first-order chi connectivity index (χ1) is 8.19. The summed E-state index contributed by atoms with van der Waals surface area (Å²) in [6, 6.07) is 7.91. The summed E-state index contributed by atoms with van der Waals surface area (Å²) in [5.41, 5.74) is 8.11. The van der Waals surface area contributed by atoms with Gasteiger partial charge in [0.2, 0.25) is 0 Å². The Morgan fingerprint density at radius 1 is 1.47 bits per heavy atom. The lowest BCUT2D eigenvalue weighted by atomic mass is 9.96. The molecule has 2 rings (SSSR count). The molecule has 2 nitrogen and oxygen atoms in total. The Labute approximate surface area is 110 Å². The van der Waals surface area contributed by atoms with Crippen molar-refractivity contribution < 1.29 is 0 Å². The summed E-state index contributed by atoms with van der Waals surface area (Å²) in [7, 11) is 0. The highest BCUT2D eigenvalue weighted by Gasteiger charge is 2.13. The van der Waals surface area contributed by atoms with Gasteiger partial charge in [-0.15, -0.1) is 11.3 Å². The van der Waals surface area contributed by atoms with Gasteiger partial charge in [0.05, 0.1) is 5.01 Å². The van der Waals surface area contributed by atoms with Crippen molar-refractivity contribution in [2.24, 2.45) is 5.73 Å². The van der Waals surface area contributed by atoms with E-state index < -0.39 is 0 Å². The molecule has 1 heterocycles. The molecule has 0 radical (unpaired) electrons. The van der Waals surface area contributed by atoms with E-state index >= 15 is 0 Å². The Kier molecular flexibility index (Phi) is 4.15. The van der Waals surface area contributed by atoms with E-state index in [2.05, 4.69) is 16.4 Å². The molecule has 1 aromatic carbocycles. The molecule has 1 atom stereocenters. The predicted octanol–water partition coefficient (Wildman–Crippen LogP) is 3.39. The Morgan fingerprint density at radius 3 is 2.88 bits per heavy atom. The van der Waals surface area contributed by atoms with Crippen LogP contribution in [0, 0.1) is 6.92 Å². The fourth-order valence-electron chi connectivity index (χ4n) is 1.81. The summed E-state index contributed by atoms with van der Waals surface area (Å²) >= 11 is 7.69.